The summed E-state index contributed by atoms with van der Waals surface area (Å²) in [6.07, 6.45) is 6.23. The van der Waals surface area contributed by atoms with Crippen molar-refractivity contribution in [2.75, 3.05) is 10.7 Å². The Morgan fingerprint density at radius 3 is 2.59 bits per heavy atom. The van der Waals surface area contributed by atoms with Gasteiger partial charge in [-0.15, -0.1) is 0 Å². The van der Waals surface area contributed by atoms with E-state index in [0.29, 0.717) is 22.9 Å². The molecule has 3 aromatic heterocycles. The van der Waals surface area contributed by atoms with Gasteiger partial charge in [0, 0.05) is 23.6 Å². The van der Waals surface area contributed by atoms with Crippen molar-refractivity contribution in [2.24, 2.45) is 11.0 Å². The molecule has 0 bridgehead atoms. The van der Waals surface area contributed by atoms with Crippen LogP contribution in [0.3, 0.4) is 0 Å². The second kappa shape index (κ2) is 10.3. The minimum atomic E-state index is -4.42. The van der Waals surface area contributed by atoms with Crippen LogP contribution in [0.15, 0.2) is 72.4 Å². The fraction of sp³-hybridized carbons (Fsp3) is 0.192. The highest BCUT2D eigenvalue weighted by molar-refractivity contribution is 5.78. The van der Waals surface area contributed by atoms with Gasteiger partial charge in [-0.25, -0.2) is 19.8 Å². The maximum Gasteiger partial charge on any atom is 0.416 e. The fourth-order valence-electron chi connectivity index (χ4n) is 3.66. The van der Waals surface area contributed by atoms with E-state index in [4.69, 9.17) is 0 Å². The highest BCUT2D eigenvalue weighted by Gasteiger charge is 2.30. The minimum absolute atomic E-state index is 0.100. The average Bonchev–Trinajstić information content (AvgIpc) is 3.70. The van der Waals surface area contributed by atoms with E-state index in [1.165, 1.54) is 37.4 Å². The summed E-state index contributed by atoms with van der Waals surface area (Å²) in [4.78, 5) is 16.6. The molecule has 0 spiro atoms. The molecule has 7 nitrogen and oxygen atoms in total. The zero-order valence-corrected chi connectivity index (χ0v) is 19.4. The summed E-state index contributed by atoms with van der Waals surface area (Å²) >= 11 is 0. The van der Waals surface area contributed by atoms with E-state index >= 15 is 0 Å². The van der Waals surface area contributed by atoms with E-state index < -0.39 is 17.6 Å². The number of benzene rings is 1. The molecule has 1 saturated carbocycles. The van der Waals surface area contributed by atoms with Crippen molar-refractivity contribution in [3.05, 3.63) is 89.9 Å². The SMILES string of the molecule is Fc1cnc(N/N=C/c2ccc(Nc3cccc(C(F)(F)F)c3)cn2)nc1-c1cncc(CC2CC2)c1. The second-order valence-electron chi connectivity index (χ2n) is 8.66. The van der Waals surface area contributed by atoms with Gasteiger partial charge in [-0.1, -0.05) is 6.07 Å². The molecule has 0 atom stereocenters. The summed E-state index contributed by atoms with van der Waals surface area (Å²) in [7, 11) is 0. The molecule has 2 N–H and O–H groups in total. The topological polar surface area (TPSA) is 88.0 Å². The molecule has 3 heterocycles. The van der Waals surface area contributed by atoms with Crippen LogP contribution in [-0.2, 0) is 12.6 Å². The number of pyridine rings is 2. The number of hydrogen-bond acceptors (Lipinski definition) is 7. The predicted molar refractivity (Wildman–Crippen MR) is 132 cm³/mol. The number of hydrazone groups is 1. The summed E-state index contributed by atoms with van der Waals surface area (Å²) in [5.41, 5.74) is 4.92. The summed E-state index contributed by atoms with van der Waals surface area (Å²) in [5, 5.41) is 6.93. The summed E-state index contributed by atoms with van der Waals surface area (Å²) < 4.78 is 53.1. The molecular formula is C26H21F4N7. The van der Waals surface area contributed by atoms with Gasteiger partial charge >= 0.3 is 6.18 Å². The Morgan fingerprint density at radius 2 is 1.84 bits per heavy atom. The normalized spacial score (nSPS) is 13.6. The Hall–Kier alpha value is -4.41. The number of anilines is 3. The largest absolute Gasteiger partial charge is 0.416 e. The van der Waals surface area contributed by atoms with Crippen LogP contribution in [0.25, 0.3) is 11.3 Å². The van der Waals surface area contributed by atoms with Crippen LogP contribution in [-0.4, -0.2) is 26.2 Å². The summed E-state index contributed by atoms with van der Waals surface area (Å²) in [6, 6.07) is 10.1. The van der Waals surface area contributed by atoms with E-state index in [-0.39, 0.29) is 17.3 Å². The van der Waals surface area contributed by atoms with E-state index in [1.54, 1.807) is 24.5 Å². The Balaban J connectivity index is 1.23. The van der Waals surface area contributed by atoms with Gasteiger partial charge in [0.15, 0.2) is 5.82 Å². The van der Waals surface area contributed by atoms with Crippen molar-refractivity contribution in [3.8, 4) is 11.3 Å². The van der Waals surface area contributed by atoms with Gasteiger partial charge in [0.25, 0.3) is 0 Å². The molecule has 1 fully saturated rings. The zero-order valence-electron chi connectivity index (χ0n) is 19.4. The molecule has 0 amide bonds. The van der Waals surface area contributed by atoms with Crippen LogP contribution >= 0.6 is 0 Å². The standard InChI is InChI=1S/C26H21F4N7/c27-23-15-33-25(36-24(23)18-9-17(11-31-12-18)8-16-4-5-16)37-34-14-21-6-7-22(13-32-21)35-20-3-1-2-19(10-20)26(28,29)30/h1-3,6-7,9-16,35H,4-5,8H2,(H,33,36,37)/b34-14+. The van der Waals surface area contributed by atoms with Crippen LogP contribution in [0.2, 0.25) is 0 Å². The first-order valence-corrected chi connectivity index (χ1v) is 11.5. The Morgan fingerprint density at radius 1 is 0.973 bits per heavy atom. The number of aromatic nitrogens is 4. The van der Waals surface area contributed by atoms with Crippen molar-refractivity contribution in [3.63, 3.8) is 0 Å². The molecule has 0 radical (unpaired) electrons. The Kier molecular flexibility index (Phi) is 6.76. The second-order valence-corrected chi connectivity index (χ2v) is 8.66. The van der Waals surface area contributed by atoms with Gasteiger partial charge in [-0.3, -0.25) is 9.97 Å². The van der Waals surface area contributed by atoms with Gasteiger partial charge in [0.1, 0.15) is 5.69 Å². The molecule has 5 rings (SSSR count). The lowest BCUT2D eigenvalue weighted by molar-refractivity contribution is -0.137. The molecule has 188 valence electrons. The third-order valence-corrected chi connectivity index (χ3v) is 5.66. The number of halogens is 4. The quantitative estimate of drug-likeness (QED) is 0.167. The average molecular weight is 507 g/mol. The number of nitrogens with one attached hydrogen (secondary N) is 2. The lowest BCUT2D eigenvalue weighted by Crippen LogP contribution is -2.05. The van der Waals surface area contributed by atoms with Gasteiger partial charge in [-0.2, -0.15) is 18.3 Å². The van der Waals surface area contributed by atoms with Gasteiger partial charge in [0.05, 0.1) is 35.6 Å². The monoisotopic (exact) mass is 507 g/mol. The van der Waals surface area contributed by atoms with Crippen LogP contribution in [0.5, 0.6) is 0 Å². The lowest BCUT2D eigenvalue weighted by atomic mass is 10.1. The lowest BCUT2D eigenvalue weighted by Gasteiger charge is -2.10. The van der Waals surface area contributed by atoms with E-state index in [1.807, 2.05) is 6.07 Å². The molecule has 0 unspecified atom stereocenters. The molecule has 0 saturated heterocycles. The number of nitrogens with zero attached hydrogens (tertiary/aromatic N) is 5. The molecular weight excluding hydrogens is 486 g/mol. The molecule has 37 heavy (non-hydrogen) atoms. The molecule has 1 aliphatic carbocycles. The third kappa shape index (κ3) is 6.43. The number of hydrogen-bond donors (Lipinski definition) is 2. The first kappa shape index (κ1) is 24.3. The smallest absolute Gasteiger partial charge is 0.354 e. The van der Waals surface area contributed by atoms with E-state index in [0.717, 1.165) is 30.3 Å². The van der Waals surface area contributed by atoms with Crippen molar-refractivity contribution in [1.82, 2.24) is 19.9 Å². The van der Waals surface area contributed by atoms with Crippen LogP contribution in [0.1, 0.15) is 29.7 Å². The van der Waals surface area contributed by atoms with Gasteiger partial charge in [0.2, 0.25) is 5.95 Å². The summed E-state index contributed by atoms with van der Waals surface area (Å²) in [6.45, 7) is 0. The van der Waals surface area contributed by atoms with Crippen LogP contribution < -0.4 is 10.7 Å². The molecule has 1 aliphatic rings. The predicted octanol–water partition coefficient (Wildman–Crippen LogP) is 6.23. The van der Waals surface area contributed by atoms with E-state index in [2.05, 4.69) is 35.8 Å². The van der Waals surface area contributed by atoms with Crippen molar-refractivity contribution in [2.45, 2.75) is 25.4 Å². The first-order chi connectivity index (χ1) is 17.8. The van der Waals surface area contributed by atoms with Crippen molar-refractivity contribution < 1.29 is 17.6 Å². The highest BCUT2D eigenvalue weighted by Crippen LogP contribution is 2.33. The molecule has 11 heteroatoms. The molecule has 0 aliphatic heterocycles. The maximum absolute atomic E-state index is 14.4. The summed E-state index contributed by atoms with van der Waals surface area (Å²) in [5.74, 6) is 0.214. The third-order valence-electron chi connectivity index (χ3n) is 5.66. The number of rotatable bonds is 8. The van der Waals surface area contributed by atoms with Gasteiger partial charge < -0.3 is 5.32 Å². The first-order valence-electron chi connectivity index (χ1n) is 11.5. The molecule has 1 aromatic carbocycles. The van der Waals surface area contributed by atoms with Crippen LogP contribution in [0.4, 0.5) is 34.9 Å². The van der Waals surface area contributed by atoms with Crippen LogP contribution in [0, 0.1) is 11.7 Å². The van der Waals surface area contributed by atoms with Gasteiger partial charge in [-0.05, 0) is 67.1 Å². The molecule has 4 aromatic rings. The number of alkyl halides is 3. The maximum atomic E-state index is 14.4. The minimum Gasteiger partial charge on any atom is -0.354 e. The Labute approximate surface area is 209 Å². The Bertz CT molecular complexity index is 1420. The van der Waals surface area contributed by atoms with Crippen molar-refractivity contribution >= 4 is 23.5 Å². The highest BCUT2D eigenvalue weighted by atomic mass is 19.4. The van der Waals surface area contributed by atoms with Crippen molar-refractivity contribution in [1.29, 1.82) is 0 Å². The van der Waals surface area contributed by atoms with E-state index in [9.17, 15) is 17.6 Å². The zero-order chi connectivity index (χ0) is 25.8. The fourth-order valence-corrected chi connectivity index (χ4v) is 3.66.